The summed E-state index contributed by atoms with van der Waals surface area (Å²) in [5.41, 5.74) is -1.82. The van der Waals surface area contributed by atoms with E-state index in [1.807, 2.05) is 0 Å². The monoisotopic (exact) mass is 248 g/mol. The Kier molecular flexibility index (Phi) is 3.91. The molecule has 0 unspecified atom stereocenters. The lowest BCUT2D eigenvalue weighted by Crippen LogP contribution is -2.16. The highest BCUT2D eigenvalue weighted by molar-refractivity contribution is 5.97. The van der Waals surface area contributed by atoms with Crippen LogP contribution in [0.2, 0.25) is 0 Å². The number of aryl methyl sites for hydroxylation is 1. The minimum atomic E-state index is -4.71. The van der Waals surface area contributed by atoms with Crippen LogP contribution in [0.5, 0.6) is 0 Å². The fourth-order valence-corrected chi connectivity index (χ4v) is 1.67. The molecule has 0 N–H and O–H groups in total. The maximum Gasteiger partial charge on any atom is 0.417 e. The van der Waals surface area contributed by atoms with Crippen LogP contribution >= 0.6 is 0 Å². The van der Waals surface area contributed by atoms with Crippen LogP contribution in [0.1, 0.15) is 40.4 Å². The van der Waals surface area contributed by atoms with Gasteiger partial charge in [-0.15, -0.1) is 0 Å². The van der Waals surface area contributed by atoms with Gasteiger partial charge in [-0.1, -0.05) is 19.1 Å². The number of ketones is 1. The summed E-state index contributed by atoms with van der Waals surface area (Å²) in [7, 11) is 0. The van der Waals surface area contributed by atoms with Gasteiger partial charge in [0.25, 0.3) is 0 Å². The molecular weight excluding hydrogens is 236 g/mol. The predicted octanol–water partition coefficient (Wildman–Crippen LogP) is 4.08. The number of Topliss-reactive ketones (excluding diaryl/α,β-unsaturated/α-hetero) is 1. The highest BCUT2D eigenvalue weighted by Crippen LogP contribution is 2.37. The van der Waals surface area contributed by atoms with Gasteiger partial charge in [-0.2, -0.15) is 13.2 Å². The second-order valence-corrected chi connectivity index (χ2v) is 3.69. The summed E-state index contributed by atoms with van der Waals surface area (Å²) < 4.78 is 51.3. The number of hydrogen-bond donors (Lipinski definition) is 0. The zero-order chi connectivity index (χ0) is 13.2. The molecule has 0 aliphatic heterocycles. The SMILES string of the molecule is CCC(=O)c1ccc(C)c(CF)c1C(F)(F)F. The second kappa shape index (κ2) is 4.85. The fraction of sp³-hybridized carbons (Fsp3) is 0.417. The Bertz CT molecular complexity index is 435. The van der Waals surface area contributed by atoms with Crippen molar-refractivity contribution in [3.05, 3.63) is 34.4 Å². The molecule has 0 radical (unpaired) electrons. The van der Waals surface area contributed by atoms with E-state index in [4.69, 9.17) is 0 Å². The molecular formula is C12H12F4O. The van der Waals surface area contributed by atoms with Crippen LogP contribution in [0.3, 0.4) is 0 Å². The van der Waals surface area contributed by atoms with Crippen LogP contribution < -0.4 is 0 Å². The van der Waals surface area contributed by atoms with Crippen LogP contribution in [0.4, 0.5) is 17.6 Å². The minimum Gasteiger partial charge on any atom is -0.294 e. The van der Waals surface area contributed by atoms with E-state index in [2.05, 4.69) is 0 Å². The van der Waals surface area contributed by atoms with E-state index in [1.165, 1.54) is 19.9 Å². The van der Waals surface area contributed by atoms with E-state index in [0.29, 0.717) is 0 Å². The van der Waals surface area contributed by atoms with Crippen molar-refractivity contribution in [1.82, 2.24) is 0 Å². The Morgan fingerprint density at radius 1 is 1.29 bits per heavy atom. The molecule has 0 aliphatic carbocycles. The van der Waals surface area contributed by atoms with Crippen molar-refractivity contribution in [2.45, 2.75) is 33.1 Å². The van der Waals surface area contributed by atoms with Crippen LogP contribution in [0, 0.1) is 6.92 Å². The Morgan fingerprint density at radius 2 is 1.88 bits per heavy atom. The predicted molar refractivity (Wildman–Crippen MR) is 55.6 cm³/mol. The maximum atomic E-state index is 12.9. The molecule has 0 aromatic heterocycles. The molecule has 1 rings (SSSR count). The van der Waals surface area contributed by atoms with Gasteiger partial charge < -0.3 is 0 Å². The zero-order valence-electron chi connectivity index (χ0n) is 9.49. The molecule has 17 heavy (non-hydrogen) atoms. The van der Waals surface area contributed by atoms with Crippen molar-refractivity contribution in [3.8, 4) is 0 Å². The molecule has 0 aliphatic rings. The Morgan fingerprint density at radius 3 is 2.29 bits per heavy atom. The Balaban J connectivity index is 3.57. The molecule has 0 saturated heterocycles. The van der Waals surface area contributed by atoms with Gasteiger partial charge in [-0.25, -0.2) is 4.39 Å². The largest absolute Gasteiger partial charge is 0.417 e. The average Bonchev–Trinajstić information content (AvgIpc) is 2.26. The molecule has 0 heterocycles. The molecule has 0 fully saturated rings. The van der Waals surface area contributed by atoms with Crippen molar-refractivity contribution in [2.24, 2.45) is 0 Å². The molecule has 0 saturated carbocycles. The Hall–Kier alpha value is -1.39. The number of alkyl halides is 4. The van der Waals surface area contributed by atoms with Crippen molar-refractivity contribution >= 4 is 5.78 Å². The molecule has 94 valence electrons. The van der Waals surface area contributed by atoms with Gasteiger partial charge in [0, 0.05) is 12.0 Å². The molecule has 0 spiro atoms. The van der Waals surface area contributed by atoms with Crippen LogP contribution in [0.25, 0.3) is 0 Å². The van der Waals surface area contributed by atoms with Gasteiger partial charge in [0.1, 0.15) is 6.67 Å². The van der Waals surface area contributed by atoms with E-state index in [-0.39, 0.29) is 12.0 Å². The number of halogens is 4. The quantitative estimate of drug-likeness (QED) is 0.582. The standard InChI is InChI=1S/C12H12F4O/c1-3-10(17)8-5-4-7(2)9(6-13)11(8)12(14,15)16/h4-5H,3,6H2,1-2H3. The first-order valence-corrected chi connectivity index (χ1v) is 5.11. The number of rotatable bonds is 3. The van der Waals surface area contributed by atoms with Gasteiger partial charge in [-0.05, 0) is 18.1 Å². The van der Waals surface area contributed by atoms with E-state index in [0.717, 1.165) is 6.07 Å². The highest BCUT2D eigenvalue weighted by Gasteiger charge is 2.38. The van der Waals surface area contributed by atoms with E-state index < -0.39 is 35.3 Å². The normalized spacial score (nSPS) is 11.6. The minimum absolute atomic E-state index is 0.0438. The first kappa shape index (κ1) is 13.7. The zero-order valence-corrected chi connectivity index (χ0v) is 9.49. The van der Waals surface area contributed by atoms with Crippen LogP contribution in [-0.2, 0) is 12.9 Å². The average molecular weight is 248 g/mol. The first-order valence-electron chi connectivity index (χ1n) is 5.11. The molecule has 0 bridgehead atoms. The summed E-state index contributed by atoms with van der Waals surface area (Å²) in [4.78, 5) is 11.4. The lowest BCUT2D eigenvalue weighted by Gasteiger charge is -2.17. The third-order valence-corrected chi connectivity index (χ3v) is 2.59. The first-order chi connectivity index (χ1) is 7.82. The van der Waals surface area contributed by atoms with Gasteiger partial charge in [0.15, 0.2) is 5.78 Å². The topological polar surface area (TPSA) is 17.1 Å². The maximum absolute atomic E-state index is 12.9. The van der Waals surface area contributed by atoms with Gasteiger partial charge in [-0.3, -0.25) is 4.79 Å². The van der Waals surface area contributed by atoms with Crippen LogP contribution in [0.15, 0.2) is 12.1 Å². The Labute approximate surface area is 96.4 Å². The van der Waals surface area contributed by atoms with Crippen molar-refractivity contribution < 1.29 is 22.4 Å². The molecule has 5 heteroatoms. The molecule has 0 atom stereocenters. The summed E-state index contributed by atoms with van der Waals surface area (Å²) >= 11 is 0. The van der Waals surface area contributed by atoms with E-state index in [1.54, 1.807) is 0 Å². The molecule has 1 aromatic rings. The second-order valence-electron chi connectivity index (χ2n) is 3.69. The van der Waals surface area contributed by atoms with Crippen molar-refractivity contribution in [1.29, 1.82) is 0 Å². The van der Waals surface area contributed by atoms with Crippen molar-refractivity contribution in [2.75, 3.05) is 0 Å². The smallest absolute Gasteiger partial charge is 0.294 e. The molecule has 0 amide bonds. The fourth-order valence-electron chi connectivity index (χ4n) is 1.67. The van der Waals surface area contributed by atoms with Gasteiger partial charge >= 0.3 is 6.18 Å². The summed E-state index contributed by atoms with van der Waals surface area (Å²) in [6.07, 6.45) is -4.76. The lowest BCUT2D eigenvalue weighted by atomic mass is 9.93. The number of benzene rings is 1. The summed E-state index contributed by atoms with van der Waals surface area (Å²) in [5.74, 6) is -0.632. The van der Waals surface area contributed by atoms with Crippen molar-refractivity contribution in [3.63, 3.8) is 0 Å². The van der Waals surface area contributed by atoms with Gasteiger partial charge in [0.2, 0.25) is 0 Å². The number of carbonyl (C=O) groups is 1. The van der Waals surface area contributed by atoms with E-state index in [9.17, 15) is 22.4 Å². The third kappa shape index (κ3) is 2.65. The van der Waals surface area contributed by atoms with Crippen LogP contribution in [-0.4, -0.2) is 5.78 Å². The van der Waals surface area contributed by atoms with E-state index >= 15 is 0 Å². The number of carbonyl (C=O) groups excluding carboxylic acids is 1. The molecule has 1 aromatic carbocycles. The summed E-state index contributed by atoms with van der Waals surface area (Å²) in [6.45, 7) is 1.63. The summed E-state index contributed by atoms with van der Waals surface area (Å²) in [6, 6.07) is 2.45. The molecule has 1 nitrogen and oxygen atoms in total. The number of hydrogen-bond acceptors (Lipinski definition) is 1. The highest BCUT2D eigenvalue weighted by atomic mass is 19.4. The summed E-state index contributed by atoms with van der Waals surface area (Å²) in [5, 5.41) is 0. The third-order valence-electron chi connectivity index (χ3n) is 2.59. The lowest BCUT2D eigenvalue weighted by molar-refractivity contribution is -0.138. The van der Waals surface area contributed by atoms with Gasteiger partial charge in [0.05, 0.1) is 5.56 Å².